The molecule has 27 heavy (non-hydrogen) atoms. The third-order valence-corrected chi connectivity index (χ3v) is 3.71. The fourth-order valence-corrected chi connectivity index (χ4v) is 2.27. The van der Waals surface area contributed by atoms with E-state index in [1.54, 1.807) is 24.3 Å². The zero-order chi connectivity index (χ0) is 19.6. The molecule has 2 aromatic rings. The van der Waals surface area contributed by atoms with Gasteiger partial charge in [0.1, 0.15) is 18.9 Å². The Labute approximate surface area is 157 Å². The van der Waals surface area contributed by atoms with Gasteiger partial charge in [-0.25, -0.2) is 0 Å². The molecule has 2 aromatic carbocycles. The Kier molecular flexibility index (Phi) is 7.31. The predicted octanol–water partition coefficient (Wildman–Crippen LogP) is 2.77. The average molecular weight is 367 g/mol. The standard InChI is InChI=1S/C21H21NO5/c1-15(23)17-9-10-19(26-2)18(12-17)14-27-21(25)13-22-20(24)11-8-16-6-4-3-5-7-16/h3-12H,13-14H2,1-2H3,(H,22,24)/b11-8+. The molecule has 0 aliphatic rings. The molecular formula is C21H21NO5. The van der Waals surface area contributed by atoms with Gasteiger partial charge in [0.15, 0.2) is 5.78 Å². The molecule has 2 rings (SSSR count). The van der Waals surface area contributed by atoms with E-state index < -0.39 is 11.9 Å². The maximum atomic E-state index is 11.8. The van der Waals surface area contributed by atoms with Gasteiger partial charge in [0.25, 0.3) is 0 Å². The number of ether oxygens (including phenoxy) is 2. The number of rotatable bonds is 8. The van der Waals surface area contributed by atoms with Gasteiger partial charge in [-0.05, 0) is 36.8 Å². The minimum Gasteiger partial charge on any atom is -0.496 e. The number of ketones is 1. The molecule has 140 valence electrons. The molecule has 1 amide bonds. The quantitative estimate of drug-likeness (QED) is 0.441. The summed E-state index contributed by atoms with van der Waals surface area (Å²) in [4.78, 5) is 35.1. The topological polar surface area (TPSA) is 81.7 Å². The molecule has 0 fully saturated rings. The molecule has 0 saturated carbocycles. The number of benzene rings is 2. The summed E-state index contributed by atoms with van der Waals surface area (Å²) in [5, 5.41) is 2.46. The van der Waals surface area contributed by atoms with Crippen molar-refractivity contribution in [3.63, 3.8) is 0 Å². The number of carbonyl (C=O) groups is 3. The molecule has 0 aliphatic carbocycles. The van der Waals surface area contributed by atoms with E-state index in [1.165, 1.54) is 20.1 Å². The Morgan fingerprint density at radius 2 is 1.81 bits per heavy atom. The minimum absolute atomic E-state index is 0.0567. The highest BCUT2D eigenvalue weighted by atomic mass is 16.5. The van der Waals surface area contributed by atoms with Gasteiger partial charge in [-0.1, -0.05) is 30.3 Å². The summed E-state index contributed by atoms with van der Waals surface area (Å²) in [7, 11) is 1.49. The summed E-state index contributed by atoms with van der Waals surface area (Å²) < 4.78 is 10.4. The lowest BCUT2D eigenvalue weighted by molar-refractivity contribution is -0.144. The van der Waals surface area contributed by atoms with Crippen LogP contribution in [0.2, 0.25) is 0 Å². The molecule has 0 heterocycles. The van der Waals surface area contributed by atoms with Crippen LogP contribution in [0, 0.1) is 0 Å². The Balaban J connectivity index is 1.84. The zero-order valence-electron chi connectivity index (χ0n) is 15.2. The Bertz CT molecular complexity index is 843. The molecular weight excluding hydrogens is 346 g/mol. The van der Waals surface area contributed by atoms with Crippen molar-refractivity contribution in [3.05, 3.63) is 71.3 Å². The molecule has 0 atom stereocenters. The lowest BCUT2D eigenvalue weighted by Gasteiger charge is -2.11. The SMILES string of the molecule is COc1ccc(C(C)=O)cc1COC(=O)CNC(=O)/C=C/c1ccccc1. The van der Waals surface area contributed by atoms with Crippen molar-refractivity contribution < 1.29 is 23.9 Å². The smallest absolute Gasteiger partial charge is 0.325 e. The predicted molar refractivity (Wildman–Crippen MR) is 101 cm³/mol. The van der Waals surface area contributed by atoms with Crippen LogP contribution in [0.4, 0.5) is 0 Å². The van der Waals surface area contributed by atoms with Crippen molar-refractivity contribution in [2.75, 3.05) is 13.7 Å². The van der Waals surface area contributed by atoms with Crippen LogP contribution in [0.15, 0.2) is 54.6 Å². The van der Waals surface area contributed by atoms with Crippen molar-refractivity contribution in [2.45, 2.75) is 13.5 Å². The number of hydrogen-bond donors (Lipinski definition) is 1. The molecule has 0 saturated heterocycles. The van der Waals surface area contributed by atoms with Crippen LogP contribution in [-0.4, -0.2) is 31.3 Å². The van der Waals surface area contributed by atoms with E-state index in [-0.39, 0.29) is 18.9 Å². The molecule has 0 unspecified atom stereocenters. The number of carbonyl (C=O) groups excluding carboxylic acids is 3. The number of amides is 1. The zero-order valence-corrected chi connectivity index (χ0v) is 15.2. The average Bonchev–Trinajstić information content (AvgIpc) is 2.69. The van der Waals surface area contributed by atoms with Gasteiger partial charge < -0.3 is 14.8 Å². The monoisotopic (exact) mass is 367 g/mol. The summed E-state index contributed by atoms with van der Waals surface area (Å²) in [6, 6.07) is 14.3. The van der Waals surface area contributed by atoms with Gasteiger partial charge >= 0.3 is 5.97 Å². The molecule has 0 aromatic heterocycles. The fourth-order valence-electron chi connectivity index (χ4n) is 2.27. The lowest BCUT2D eigenvalue weighted by Crippen LogP contribution is -2.29. The van der Waals surface area contributed by atoms with Crippen LogP contribution in [-0.2, 0) is 20.9 Å². The molecule has 0 aliphatic heterocycles. The second-order valence-corrected chi connectivity index (χ2v) is 5.71. The van der Waals surface area contributed by atoms with E-state index in [9.17, 15) is 14.4 Å². The number of nitrogens with one attached hydrogen (secondary N) is 1. The first kappa shape index (κ1) is 19.9. The van der Waals surface area contributed by atoms with Crippen molar-refractivity contribution >= 4 is 23.7 Å². The van der Waals surface area contributed by atoms with Crippen molar-refractivity contribution in [3.8, 4) is 5.75 Å². The van der Waals surface area contributed by atoms with Gasteiger partial charge in [0.05, 0.1) is 7.11 Å². The Hall–Kier alpha value is -3.41. The maximum absolute atomic E-state index is 11.8. The number of esters is 1. The van der Waals surface area contributed by atoms with Crippen molar-refractivity contribution in [1.29, 1.82) is 0 Å². The normalized spacial score (nSPS) is 10.4. The van der Waals surface area contributed by atoms with Crippen LogP contribution in [0.3, 0.4) is 0 Å². The van der Waals surface area contributed by atoms with Crippen molar-refractivity contribution in [1.82, 2.24) is 5.32 Å². The molecule has 0 radical (unpaired) electrons. The largest absolute Gasteiger partial charge is 0.496 e. The van der Waals surface area contributed by atoms with Crippen LogP contribution in [0.1, 0.15) is 28.4 Å². The molecule has 0 bridgehead atoms. The van der Waals surface area contributed by atoms with Gasteiger partial charge in [-0.15, -0.1) is 0 Å². The molecule has 0 spiro atoms. The lowest BCUT2D eigenvalue weighted by atomic mass is 10.1. The third kappa shape index (κ3) is 6.43. The van der Waals surface area contributed by atoms with Crippen LogP contribution < -0.4 is 10.1 Å². The Morgan fingerprint density at radius 1 is 1.07 bits per heavy atom. The number of hydrogen-bond acceptors (Lipinski definition) is 5. The van der Waals surface area contributed by atoms with E-state index in [4.69, 9.17) is 9.47 Å². The van der Waals surface area contributed by atoms with Gasteiger partial charge in [0.2, 0.25) is 5.91 Å². The second-order valence-electron chi connectivity index (χ2n) is 5.71. The highest BCUT2D eigenvalue weighted by molar-refractivity contribution is 5.94. The summed E-state index contributed by atoms with van der Waals surface area (Å²) in [6.45, 7) is 1.14. The summed E-state index contributed by atoms with van der Waals surface area (Å²) in [6.07, 6.45) is 3.00. The van der Waals surface area contributed by atoms with E-state index in [0.29, 0.717) is 16.9 Å². The van der Waals surface area contributed by atoms with Crippen molar-refractivity contribution in [2.24, 2.45) is 0 Å². The first-order valence-electron chi connectivity index (χ1n) is 8.34. The molecule has 6 heteroatoms. The van der Waals surface area contributed by atoms with Gasteiger partial charge in [0, 0.05) is 17.2 Å². The highest BCUT2D eigenvalue weighted by Gasteiger charge is 2.10. The molecule has 6 nitrogen and oxygen atoms in total. The first-order valence-corrected chi connectivity index (χ1v) is 8.34. The van der Waals surface area contributed by atoms with Gasteiger partial charge in [-0.3, -0.25) is 14.4 Å². The van der Waals surface area contributed by atoms with Gasteiger partial charge in [-0.2, -0.15) is 0 Å². The third-order valence-electron chi connectivity index (χ3n) is 3.71. The van der Waals surface area contributed by atoms with E-state index in [1.807, 2.05) is 30.3 Å². The highest BCUT2D eigenvalue weighted by Crippen LogP contribution is 2.21. The second kappa shape index (κ2) is 9.91. The van der Waals surface area contributed by atoms with E-state index in [0.717, 1.165) is 5.56 Å². The number of methoxy groups -OCH3 is 1. The maximum Gasteiger partial charge on any atom is 0.325 e. The van der Waals surface area contributed by atoms with E-state index in [2.05, 4.69) is 5.32 Å². The summed E-state index contributed by atoms with van der Waals surface area (Å²) in [5.74, 6) is -0.566. The minimum atomic E-state index is -0.591. The van der Waals surface area contributed by atoms with Crippen LogP contribution >= 0.6 is 0 Å². The van der Waals surface area contributed by atoms with Crippen LogP contribution in [0.5, 0.6) is 5.75 Å². The summed E-state index contributed by atoms with van der Waals surface area (Å²) in [5.41, 5.74) is 1.96. The fraction of sp³-hybridized carbons (Fsp3) is 0.190. The summed E-state index contributed by atoms with van der Waals surface area (Å²) >= 11 is 0. The first-order chi connectivity index (χ1) is 13.0. The van der Waals surface area contributed by atoms with Crippen LogP contribution in [0.25, 0.3) is 6.08 Å². The Morgan fingerprint density at radius 3 is 2.48 bits per heavy atom. The number of Topliss-reactive ketones (excluding diaryl/α,β-unsaturated/α-hetero) is 1. The molecule has 1 N–H and O–H groups in total. The van der Waals surface area contributed by atoms with E-state index >= 15 is 0 Å².